The number of oxazole rings is 1. The van der Waals surface area contributed by atoms with E-state index >= 15 is 0 Å². The number of alkyl halides is 3. The fourth-order valence-electron chi connectivity index (χ4n) is 4.66. The first-order valence-electron chi connectivity index (χ1n) is 12.0. The number of aryl methyl sites for hydroxylation is 1. The van der Waals surface area contributed by atoms with Crippen molar-refractivity contribution in [1.82, 2.24) is 24.8 Å². The number of aromatic amines is 1. The van der Waals surface area contributed by atoms with E-state index in [1.165, 1.54) is 13.8 Å². The maximum absolute atomic E-state index is 13.9. The molecule has 1 saturated heterocycles. The van der Waals surface area contributed by atoms with Crippen molar-refractivity contribution in [1.29, 1.82) is 0 Å². The van der Waals surface area contributed by atoms with Crippen molar-refractivity contribution >= 4 is 33.7 Å². The number of anilines is 1. The summed E-state index contributed by atoms with van der Waals surface area (Å²) in [6.45, 7) is 7.55. The Kier molecular flexibility index (Phi) is 6.33. The maximum Gasteiger partial charge on any atom is 0.418 e. The van der Waals surface area contributed by atoms with Gasteiger partial charge < -0.3 is 24.4 Å². The van der Waals surface area contributed by atoms with Crippen LogP contribution in [0.25, 0.3) is 22.1 Å². The number of hydrogen-bond donors (Lipinski definition) is 2. The predicted octanol–water partition coefficient (Wildman–Crippen LogP) is 4.21. The van der Waals surface area contributed by atoms with Crippen LogP contribution < -0.4 is 10.9 Å². The van der Waals surface area contributed by atoms with E-state index in [1.807, 2.05) is 13.8 Å². The molecule has 4 aromatic rings. The number of H-pyrrole nitrogens is 1. The molecule has 5 rings (SSSR count). The van der Waals surface area contributed by atoms with Crippen LogP contribution in [-0.2, 0) is 10.9 Å². The lowest BCUT2D eigenvalue weighted by Crippen LogP contribution is -2.48. The molecule has 10 nitrogen and oxygen atoms in total. The number of ether oxygens (including phenoxy) is 1. The Bertz CT molecular complexity index is 1590. The van der Waals surface area contributed by atoms with Crippen LogP contribution in [0.4, 0.5) is 18.9 Å². The third-order valence-electron chi connectivity index (χ3n) is 6.21. The van der Waals surface area contributed by atoms with Gasteiger partial charge >= 0.3 is 12.1 Å². The van der Waals surface area contributed by atoms with Crippen LogP contribution in [0.5, 0.6) is 0 Å². The number of nitrogens with zero attached hydrogens (tertiary/aromatic N) is 4. The van der Waals surface area contributed by atoms with Gasteiger partial charge in [0.25, 0.3) is 11.4 Å². The third-order valence-corrected chi connectivity index (χ3v) is 6.21. The van der Waals surface area contributed by atoms with Gasteiger partial charge in [-0.15, -0.1) is 0 Å². The van der Waals surface area contributed by atoms with E-state index in [1.54, 1.807) is 23.1 Å². The molecule has 0 aliphatic carbocycles. The molecule has 1 fully saturated rings. The molecule has 0 unspecified atom stereocenters. The summed E-state index contributed by atoms with van der Waals surface area (Å²) in [7, 11) is 0. The van der Waals surface area contributed by atoms with Crippen LogP contribution in [-0.4, -0.2) is 56.0 Å². The molecule has 0 saturated carbocycles. The van der Waals surface area contributed by atoms with E-state index in [2.05, 4.69) is 25.3 Å². The molecule has 1 aliphatic heterocycles. The number of hydrogen-bond acceptors (Lipinski definition) is 8. The molecule has 0 bridgehead atoms. The molecule has 0 spiro atoms. The molecule has 3 atom stereocenters. The molecule has 0 radical (unpaired) electrons. The highest BCUT2D eigenvalue weighted by atomic mass is 19.4. The van der Waals surface area contributed by atoms with E-state index < -0.39 is 23.3 Å². The SMILES string of the molecule is Cc1nc2cc(C(F)(F)F)c([C@H](C)Nc3ccc4nc(C(=O)N5C[C@@H](C)O[C@@H](C)C5)oc4c3)nc2c(=O)[nH]1. The number of halogens is 3. The zero-order valence-corrected chi connectivity index (χ0v) is 21.0. The molecule has 1 amide bonds. The van der Waals surface area contributed by atoms with Gasteiger partial charge in [0, 0.05) is 24.8 Å². The monoisotopic (exact) mass is 530 g/mol. The Hall–Kier alpha value is -4.00. The first-order valence-corrected chi connectivity index (χ1v) is 12.0. The average Bonchev–Trinajstić information content (AvgIpc) is 3.25. The maximum atomic E-state index is 13.9. The molecule has 13 heteroatoms. The number of rotatable bonds is 4. The van der Waals surface area contributed by atoms with Crippen LogP contribution >= 0.6 is 0 Å². The van der Waals surface area contributed by atoms with Gasteiger partial charge in [-0.1, -0.05) is 0 Å². The van der Waals surface area contributed by atoms with E-state index in [0.717, 1.165) is 6.07 Å². The van der Waals surface area contributed by atoms with Crippen molar-refractivity contribution in [2.75, 3.05) is 18.4 Å². The highest BCUT2D eigenvalue weighted by molar-refractivity contribution is 5.93. The number of nitrogens with one attached hydrogen (secondary N) is 2. The summed E-state index contributed by atoms with van der Waals surface area (Å²) in [6.07, 6.45) is -4.96. The van der Waals surface area contributed by atoms with E-state index in [-0.39, 0.29) is 46.6 Å². The second kappa shape index (κ2) is 9.39. The topological polar surface area (TPSA) is 126 Å². The minimum Gasteiger partial charge on any atom is -0.432 e. The number of morpholine rings is 1. The molecule has 2 N–H and O–H groups in total. The number of carbonyl (C=O) groups excluding carboxylic acids is 1. The average molecular weight is 531 g/mol. The normalized spacial score (nSPS) is 19.2. The van der Waals surface area contributed by atoms with Gasteiger partial charge in [0.2, 0.25) is 0 Å². The Morgan fingerprint density at radius 1 is 1.13 bits per heavy atom. The Balaban J connectivity index is 1.44. The molecule has 3 aromatic heterocycles. The minimum atomic E-state index is -4.72. The van der Waals surface area contributed by atoms with Crippen molar-refractivity contribution in [2.45, 2.75) is 52.1 Å². The lowest BCUT2D eigenvalue weighted by Gasteiger charge is -2.34. The molecular formula is C25H25F3N6O4. The van der Waals surface area contributed by atoms with Gasteiger partial charge in [-0.2, -0.15) is 13.2 Å². The molecule has 38 heavy (non-hydrogen) atoms. The van der Waals surface area contributed by atoms with Crippen LogP contribution in [0.15, 0.2) is 33.5 Å². The Labute approximate surface area is 214 Å². The summed E-state index contributed by atoms with van der Waals surface area (Å²) in [5.74, 6) is -0.258. The number of benzene rings is 1. The first kappa shape index (κ1) is 25.6. The number of amides is 1. The van der Waals surface area contributed by atoms with Crippen LogP contribution in [0.1, 0.15) is 54.6 Å². The second-order valence-corrected chi connectivity index (χ2v) is 9.47. The van der Waals surface area contributed by atoms with E-state index in [9.17, 15) is 22.8 Å². The largest absolute Gasteiger partial charge is 0.432 e. The van der Waals surface area contributed by atoms with Crippen molar-refractivity contribution in [3.05, 3.63) is 57.6 Å². The number of carbonyl (C=O) groups is 1. The molecule has 1 aliphatic rings. The van der Waals surface area contributed by atoms with Gasteiger partial charge in [-0.3, -0.25) is 9.59 Å². The van der Waals surface area contributed by atoms with Crippen molar-refractivity contribution in [3.8, 4) is 0 Å². The minimum absolute atomic E-state index is 0.0796. The summed E-state index contributed by atoms with van der Waals surface area (Å²) >= 11 is 0. The summed E-state index contributed by atoms with van der Waals surface area (Å²) < 4.78 is 53.1. The summed E-state index contributed by atoms with van der Waals surface area (Å²) in [5, 5.41) is 2.98. The van der Waals surface area contributed by atoms with Gasteiger partial charge in [0.1, 0.15) is 11.3 Å². The van der Waals surface area contributed by atoms with Crippen molar-refractivity contribution in [2.24, 2.45) is 0 Å². The fourth-order valence-corrected chi connectivity index (χ4v) is 4.66. The quantitative estimate of drug-likeness (QED) is 0.402. The highest BCUT2D eigenvalue weighted by Gasteiger charge is 2.37. The number of fused-ring (bicyclic) bond motifs is 2. The van der Waals surface area contributed by atoms with Crippen LogP contribution in [0.3, 0.4) is 0 Å². The van der Waals surface area contributed by atoms with Gasteiger partial charge in [0.15, 0.2) is 11.1 Å². The first-order chi connectivity index (χ1) is 17.9. The fraction of sp³-hybridized carbons (Fsp3) is 0.400. The van der Waals surface area contributed by atoms with Crippen molar-refractivity contribution < 1.29 is 27.1 Å². The van der Waals surface area contributed by atoms with E-state index in [4.69, 9.17) is 9.15 Å². The van der Waals surface area contributed by atoms with Crippen LogP contribution in [0, 0.1) is 6.92 Å². The van der Waals surface area contributed by atoms with Crippen LogP contribution in [0.2, 0.25) is 0 Å². The van der Waals surface area contributed by atoms with E-state index in [0.29, 0.717) is 29.9 Å². The zero-order chi connectivity index (χ0) is 27.4. The smallest absolute Gasteiger partial charge is 0.418 e. The van der Waals surface area contributed by atoms with Gasteiger partial charge in [0.05, 0.1) is 35.0 Å². The third kappa shape index (κ3) is 4.93. The molecule has 200 valence electrons. The molecule has 1 aromatic carbocycles. The standard InChI is InChI=1S/C25H25F3N6O4/c1-11-9-34(10-12(2)37-11)24(36)23-32-17-6-5-15(7-19(17)38-23)29-13(3)20-16(25(26,27)28)8-18-21(33-20)22(35)31-14(4)30-18/h5-8,11-13,29H,9-10H2,1-4H3,(H,30,31,35)/t11-,12+,13-/m0/s1. The van der Waals surface area contributed by atoms with Crippen molar-refractivity contribution in [3.63, 3.8) is 0 Å². The highest BCUT2D eigenvalue weighted by Crippen LogP contribution is 2.36. The second-order valence-electron chi connectivity index (χ2n) is 9.47. The zero-order valence-electron chi connectivity index (χ0n) is 21.0. The summed E-state index contributed by atoms with van der Waals surface area (Å²) in [4.78, 5) is 41.7. The lowest BCUT2D eigenvalue weighted by atomic mass is 10.1. The number of aromatic nitrogens is 4. The lowest BCUT2D eigenvalue weighted by molar-refractivity contribution is -0.138. The Morgan fingerprint density at radius 3 is 2.53 bits per heavy atom. The molecular weight excluding hydrogens is 505 g/mol. The van der Waals surface area contributed by atoms with Gasteiger partial charge in [-0.25, -0.2) is 15.0 Å². The number of pyridine rings is 1. The van der Waals surface area contributed by atoms with Gasteiger partial charge in [-0.05, 0) is 45.9 Å². The predicted molar refractivity (Wildman–Crippen MR) is 132 cm³/mol. The summed E-state index contributed by atoms with van der Waals surface area (Å²) in [5.41, 5.74) is -1.17. The molecule has 4 heterocycles. The summed E-state index contributed by atoms with van der Waals surface area (Å²) in [6, 6.07) is 4.65. The Morgan fingerprint density at radius 2 is 1.84 bits per heavy atom.